The van der Waals surface area contributed by atoms with Crippen molar-refractivity contribution in [2.75, 3.05) is 0 Å². The van der Waals surface area contributed by atoms with Gasteiger partial charge in [-0.2, -0.15) is 0 Å². The molecule has 2 saturated heterocycles. The smallest absolute Gasteiger partial charge is 0.410 e. The van der Waals surface area contributed by atoms with E-state index in [4.69, 9.17) is 16.3 Å². The summed E-state index contributed by atoms with van der Waals surface area (Å²) in [5, 5.41) is 0.526. The van der Waals surface area contributed by atoms with Crippen LogP contribution in [0, 0.1) is 0 Å². The van der Waals surface area contributed by atoms with Crippen molar-refractivity contribution >= 4 is 17.7 Å². The van der Waals surface area contributed by atoms with Crippen LogP contribution in [0.25, 0.3) is 0 Å². The molecular formula is C17H23ClN2O2. The largest absolute Gasteiger partial charge is 0.444 e. The van der Waals surface area contributed by atoms with Crippen LogP contribution in [0.1, 0.15) is 57.9 Å². The van der Waals surface area contributed by atoms with Gasteiger partial charge in [-0.05, 0) is 64.0 Å². The number of piperidine rings is 1. The molecule has 2 aliphatic heterocycles. The van der Waals surface area contributed by atoms with E-state index in [1.165, 1.54) is 5.56 Å². The zero-order valence-corrected chi connectivity index (χ0v) is 14.1. The molecule has 120 valence electrons. The van der Waals surface area contributed by atoms with Crippen LogP contribution in [0.2, 0.25) is 5.15 Å². The minimum absolute atomic E-state index is 0.160. The fourth-order valence-corrected chi connectivity index (χ4v) is 3.80. The maximum absolute atomic E-state index is 12.4. The lowest BCUT2D eigenvalue weighted by atomic mass is 9.86. The Morgan fingerprint density at radius 2 is 1.91 bits per heavy atom. The third-order valence-corrected chi connectivity index (χ3v) is 4.78. The molecule has 22 heavy (non-hydrogen) atoms. The Labute approximate surface area is 136 Å². The Balaban J connectivity index is 1.71. The van der Waals surface area contributed by atoms with Crippen molar-refractivity contribution in [2.45, 2.75) is 70.1 Å². The summed E-state index contributed by atoms with van der Waals surface area (Å²) in [4.78, 5) is 18.6. The summed E-state index contributed by atoms with van der Waals surface area (Å²) in [6.45, 7) is 5.75. The highest BCUT2D eigenvalue weighted by molar-refractivity contribution is 6.29. The lowest BCUT2D eigenvalue weighted by Gasteiger charge is -2.39. The van der Waals surface area contributed by atoms with Gasteiger partial charge in [0.2, 0.25) is 0 Å². The summed E-state index contributed by atoms with van der Waals surface area (Å²) in [5.74, 6) is 0.459. The van der Waals surface area contributed by atoms with Gasteiger partial charge in [-0.25, -0.2) is 9.78 Å². The predicted octanol–water partition coefficient (Wildman–Crippen LogP) is 4.38. The van der Waals surface area contributed by atoms with Crippen molar-refractivity contribution in [3.63, 3.8) is 0 Å². The van der Waals surface area contributed by atoms with E-state index >= 15 is 0 Å². The Bertz CT molecular complexity index is 539. The van der Waals surface area contributed by atoms with Crippen molar-refractivity contribution in [1.82, 2.24) is 9.88 Å². The molecule has 1 amide bonds. The zero-order valence-electron chi connectivity index (χ0n) is 13.4. The van der Waals surface area contributed by atoms with Gasteiger partial charge < -0.3 is 9.64 Å². The number of aromatic nitrogens is 1. The summed E-state index contributed by atoms with van der Waals surface area (Å²) in [5.41, 5.74) is 0.790. The van der Waals surface area contributed by atoms with Crippen LogP contribution < -0.4 is 0 Å². The third kappa shape index (κ3) is 3.22. The van der Waals surface area contributed by atoms with E-state index in [0.717, 1.165) is 25.7 Å². The monoisotopic (exact) mass is 322 g/mol. The quantitative estimate of drug-likeness (QED) is 0.720. The van der Waals surface area contributed by atoms with Gasteiger partial charge in [0.1, 0.15) is 10.8 Å². The fraction of sp³-hybridized carbons (Fsp3) is 0.647. The Kier molecular flexibility index (Phi) is 4.06. The second-order valence-electron chi connectivity index (χ2n) is 7.36. The maximum Gasteiger partial charge on any atom is 0.410 e. The van der Waals surface area contributed by atoms with E-state index in [1.807, 2.05) is 37.9 Å². The van der Waals surface area contributed by atoms with Crippen molar-refractivity contribution in [3.05, 3.63) is 29.0 Å². The molecule has 4 nitrogen and oxygen atoms in total. The number of amides is 1. The van der Waals surface area contributed by atoms with Crippen LogP contribution in [0.15, 0.2) is 18.3 Å². The number of fused-ring (bicyclic) bond motifs is 2. The van der Waals surface area contributed by atoms with Gasteiger partial charge in [-0.1, -0.05) is 17.7 Å². The lowest BCUT2D eigenvalue weighted by molar-refractivity contribution is 0.00584. The molecule has 2 fully saturated rings. The van der Waals surface area contributed by atoms with Crippen LogP contribution in [-0.4, -0.2) is 33.7 Å². The Morgan fingerprint density at radius 1 is 1.27 bits per heavy atom. The van der Waals surface area contributed by atoms with Gasteiger partial charge in [0.25, 0.3) is 0 Å². The molecule has 3 heterocycles. The highest BCUT2D eigenvalue weighted by atomic mass is 35.5. The molecule has 0 radical (unpaired) electrons. The van der Waals surface area contributed by atoms with E-state index in [-0.39, 0.29) is 18.2 Å². The lowest BCUT2D eigenvalue weighted by Crippen LogP contribution is -2.48. The SMILES string of the molecule is CC(C)(C)OC(=O)N1C2CCC1CC(c1ccc(Cl)nc1)C2. The average Bonchev–Trinajstić information content (AvgIpc) is 2.69. The third-order valence-electron chi connectivity index (χ3n) is 4.56. The molecule has 5 heteroatoms. The van der Waals surface area contributed by atoms with Crippen LogP contribution >= 0.6 is 11.6 Å². The van der Waals surface area contributed by atoms with Gasteiger partial charge in [0.05, 0.1) is 0 Å². The molecule has 2 bridgehead atoms. The number of ether oxygens (including phenoxy) is 1. The maximum atomic E-state index is 12.4. The van der Waals surface area contributed by atoms with E-state index in [1.54, 1.807) is 0 Å². The molecule has 0 N–H and O–H groups in total. The molecule has 1 aromatic heterocycles. The molecule has 2 aliphatic rings. The molecular weight excluding hydrogens is 300 g/mol. The standard InChI is InChI=1S/C17H23ClN2O2/c1-17(2,3)22-16(21)20-13-5-6-14(20)9-12(8-13)11-4-7-15(18)19-10-11/h4,7,10,12-14H,5-6,8-9H2,1-3H3. The van der Waals surface area contributed by atoms with Gasteiger partial charge in [0.15, 0.2) is 0 Å². The zero-order chi connectivity index (χ0) is 15.9. The van der Waals surface area contributed by atoms with Crippen molar-refractivity contribution in [2.24, 2.45) is 0 Å². The highest BCUT2D eigenvalue weighted by Gasteiger charge is 2.45. The summed E-state index contributed by atoms with van der Waals surface area (Å²) in [7, 11) is 0. The van der Waals surface area contributed by atoms with E-state index in [0.29, 0.717) is 11.1 Å². The predicted molar refractivity (Wildman–Crippen MR) is 86.1 cm³/mol. The first-order valence-electron chi connectivity index (χ1n) is 7.96. The van der Waals surface area contributed by atoms with E-state index in [2.05, 4.69) is 11.1 Å². The summed E-state index contributed by atoms with van der Waals surface area (Å²) < 4.78 is 5.57. The molecule has 3 rings (SSSR count). The molecule has 0 spiro atoms. The number of rotatable bonds is 1. The van der Waals surface area contributed by atoms with Crippen LogP contribution in [-0.2, 0) is 4.74 Å². The first-order chi connectivity index (χ1) is 10.3. The van der Waals surface area contributed by atoms with E-state index < -0.39 is 5.60 Å². The normalized spacial score (nSPS) is 27.8. The molecule has 1 aromatic rings. The summed E-state index contributed by atoms with van der Waals surface area (Å²) in [6.07, 6.45) is 5.82. The average molecular weight is 323 g/mol. The van der Waals surface area contributed by atoms with Crippen LogP contribution in [0.4, 0.5) is 4.79 Å². The second-order valence-corrected chi connectivity index (χ2v) is 7.74. The van der Waals surface area contributed by atoms with Crippen molar-refractivity contribution in [1.29, 1.82) is 0 Å². The number of carbonyl (C=O) groups excluding carboxylic acids is 1. The van der Waals surface area contributed by atoms with Crippen molar-refractivity contribution < 1.29 is 9.53 Å². The van der Waals surface area contributed by atoms with Crippen LogP contribution in [0.5, 0.6) is 0 Å². The molecule has 0 aliphatic carbocycles. The van der Waals surface area contributed by atoms with E-state index in [9.17, 15) is 4.79 Å². The number of pyridine rings is 1. The first kappa shape index (κ1) is 15.6. The minimum atomic E-state index is -0.437. The van der Waals surface area contributed by atoms with Crippen molar-refractivity contribution in [3.8, 4) is 0 Å². The summed E-state index contributed by atoms with van der Waals surface area (Å²) in [6, 6.07) is 4.48. The molecule has 2 atom stereocenters. The van der Waals surface area contributed by atoms with Gasteiger partial charge in [0, 0.05) is 18.3 Å². The Morgan fingerprint density at radius 3 is 2.41 bits per heavy atom. The number of nitrogens with zero attached hydrogens (tertiary/aromatic N) is 2. The minimum Gasteiger partial charge on any atom is -0.444 e. The number of hydrogen-bond donors (Lipinski definition) is 0. The number of halogens is 1. The fourth-order valence-electron chi connectivity index (χ4n) is 3.69. The summed E-state index contributed by atoms with van der Waals surface area (Å²) >= 11 is 5.87. The van der Waals surface area contributed by atoms with Gasteiger partial charge >= 0.3 is 6.09 Å². The second kappa shape index (κ2) is 5.73. The topological polar surface area (TPSA) is 42.4 Å². The number of hydrogen-bond acceptors (Lipinski definition) is 3. The van der Waals surface area contributed by atoms with Crippen LogP contribution in [0.3, 0.4) is 0 Å². The van der Waals surface area contributed by atoms with Gasteiger partial charge in [-0.3, -0.25) is 0 Å². The first-order valence-corrected chi connectivity index (χ1v) is 8.34. The molecule has 2 unspecified atom stereocenters. The van der Waals surface area contributed by atoms with Gasteiger partial charge in [-0.15, -0.1) is 0 Å². The Hall–Kier alpha value is -1.29. The molecule has 0 aromatic carbocycles. The molecule has 0 saturated carbocycles. The number of carbonyl (C=O) groups is 1. The highest BCUT2D eigenvalue weighted by Crippen LogP contribution is 2.43.